The maximum absolute atomic E-state index is 13.2. The molecule has 0 aromatic carbocycles. The van der Waals surface area contributed by atoms with Gasteiger partial charge in [-0.25, -0.2) is 0 Å². The van der Waals surface area contributed by atoms with Crippen molar-refractivity contribution < 1.29 is 49.8 Å². The first-order valence-electron chi connectivity index (χ1n) is 15.9. The lowest BCUT2D eigenvalue weighted by Crippen LogP contribution is -2.45. The molecule has 0 aromatic heterocycles. The van der Waals surface area contributed by atoms with Crippen molar-refractivity contribution in [1.29, 1.82) is 0 Å². The van der Waals surface area contributed by atoms with Gasteiger partial charge in [0.15, 0.2) is 5.78 Å². The maximum Gasteiger partial charge on any atom is 0.251 e. The molecule has 11 nitrogen and oxygen atoms in total. The van der Waals surface area contributed by atoms with Crippen molar-refractivity contribution in [3.63, 3.8) is 0 Å². The monoisotopic (exact) mass is 656 g/mol. The standard InChI is InChI=1S/C36H51NO10/c1-16(29(39)22(7)31(41)24(9)32(42)23(8)30(40)19(4)13-20(5)36(46)47)11-10-12-17(2)35(45)37-28-21(6)33(43)26-15-27(38)18(3)14-25(26)34(28)44/h10-13,16,19,22-24,29-32,38-42H,14-15H2,1-9H3,(H,37,45)(H,46,47)/p-1/b11-10-,17-12+,20-13+/t16-,19+,22-,23-,24-,29+,30+,31-,32-/m1/s1. The van der Waals surface area contributed by atoms with E-state index in [1.165, 1.54) is 32.9 Å². The van der Waals surface area contributed by atoms with Crippen molar-refractivity contribution in [2.45, 2.75) is 99.6 Å². The fourth-order valence-corrected chi connectivity index (χ4v) is 6.00. The molecule has 0 saturated carbocycles. The van der Waals surface area contributed by atoms with Gasteiger partial charge in [-0.05, 0) is 38.8 Å². The lowest BCUT2D eigenvalue weighted by molar-refractivity contribution is -0.299. The van der Waals surface area contributed by atoms with Crippen LogP contribution in [0.2, 0.25) is 0 Å². The summed E-state index contributed by atoms with van der Waals surface area (Å²) >= 11 is 0. The number of allylic oxidation sites excluding steroid dienone is 6. The number of carbonyl (C=O) groups excluding carboxylic acids is 4. The van der Waals surface area contributed by atoms with Gasteiger partial charge in [-0.2, -0.15) is 0 Å². The summed E-state index contributed by atoms with van der Waals surface area (Å²) in [5, 5.41) is 67.2. The van der Waals surface area contributed by atoms with Gasteiger partial charge < -0.3 is 40.8 Å². The highest BCUT2D eigenvalue weighted by atomic mass is 16.4. The quantitative estimate of drug-likeness (QED) is 0.0914. The number of carboxylic acid groups (broad SMARTS) is 1. The Balaban J connectivity index is 2.03. The molecule has 0 spiro atoms. The highest BCUT2D eigenvalue weighted by Crippen LogP contribution is 2.36. The molecule has 0 heterocycles. The lowest BCUT2D eigenvalue weighted by Gasteiger charge is -2.36. The Labute approximate surface area is 276 Å². The normalized spacial score (nSPS) is 22.4. The van der Waals surface area contributed by atoms with Crippen LogP contribution in [0.4, 0.5) is 0 Å². The molecule has 47 heavy (non-hydrogen) atoms. The van der Waals surface area contributed by atoms with Gasteiger partial charge >= 0.3 is 0 Å². The van der Waals surface area contributed by atoms with Crippen LogP contribution in [0.5, 0.6) is 0 Å². The second-order valence-corrected chi connectivity index (χ2v) is 13.3. The molecule has 2 aliphatic rings. The average molecular weight is 657 g/mol. The smallest absolute Gasteiger partial charge is 0.251 e. The van der Waals surface area contributed by atoms with Crippen LogP contribution in [-0.2, 0) is 19.2 Å². The minimum Gasteiger partial charge on any atom is -0.545 e. The van der Waals surface area contributed by atoms with Gasteiger partial charge in [0.25, 0.3) is 5.91 Å². The third-order valence-electron chi connectivity index (χ3n) is 9.64. The number of nitrogens with one attached hydrogen (secondary N) is 1. The Morgan fingerprint density at radius 2 is 1.26 bits per heavy atom. The fraction of sp³-hybridized carbons (Fsp3) is 0.556. The minimum absolute atomic E-state index is 0.0132. The van der Waals surface area contributed by atoms with Gasteiger partial charge in [0.1, 0.15) is 0 Å². The van der Waals surface area contributed by atoms with Crippen molar-refractivity contribution >= 4 is 23.4 Å². The van der Waals surface area contributed by atoms with Crippen molar-refractivity contribution in [3.8, 4) is 0 Å². The van der Waals surface area contributed by atoms with Crippen molar-refractivity contribution in [2.24, 2.45) is 29.6 Å². The molecule has 260 valence electrons. The van der Waals surface area contributed by atoms with E-state index in [-0.39, 0.29) is 52.2 Å². The summed E-state index contributed by atoms with van der Waals surface area (Å²) in [5.41, 5.74) is 1.32. The third kappa shape index (κ3) is 9.25. The topological polar surface area (TPSA) is 205 Å². The van der Waals surface area contributed by atoms with E-state index in [1.807, 2.05) is 0 Å². The van der Waals surface area contributed by atoms with Crippen molar-refractivity contribution in [1.82, 2.24) is 5.32 Å². The Kier molecular flexibility index (Phi) is 13.8. The molecule has 2 rings (SSSR count). The van der Waals surface area contributed by atoms with Crippen LogP contribution in [0.1, 0.15) is 75.2 Å². The van der Waals surface area contributed by atoms with Crippen LogP contribution < -0.4 is 10.4 Å². The average Bonchev–Trinajstić information content (AvgIpc) is 3.03. The van der Waals surface area contributed by atoms with Crippen LogP contribution >= 0.6 is 0 Å². The molecular weight excluding hydrogens is 606 g/mol. The number of Topliss-reactive ketones (excluding diaryl/α,β-unsaturated/α-hetero) is 2. The Bertz CT molecular complexity index is 1440. The van der Waals surface area contributed by atoms with Gasteiger partial charge in [-0.3, -0.25) is 14.4 Å². The van der Waals surface area contributed by atoms with Gasteiger partial charge in [0.05, 0.1) is 41.8 Å². The van der Waals surface area contributed by atoms with E-state index in [0.29, 0.717) is 5.57 Å². The molecular formula is C36H50NO10-. The van der Waals surface area contributed by atoms with Crippen molar-refractivity contribution in [3.05, 3.63) is 69.2 Å². The molecule has 0 fully saturated rings. The minimum atomic E-state index is -1.35. The Morgan fingerprint density at radius 1 is 0.766 bits per heavy atom. The van der Waals surface area contributed by atoms with E-state index in [0.717, 1.165) is 0 Å². The predicted octanol–water partition coefficient (Wildman–Crippen LogP) is 2.27. The van der Waals surface area contributed by atoms with Crippen molar-refractivity contribution in [2.75, 3.05) is 0 Å². The first-order chi connectivity index (χ1) is 21.7. The third-order valence-corrected chi connectivity index (χ3v) is 9.64. The zero-order valence-corrected chi connectivity index (χ0v) is 28.7. The highest BCUT2D eigenvalue weighted by molar-refractivity contribution is 6.26. The highest BCUT2D eigenvalue weighted by Gasteiger charge is 2.38. The summed E-state index contributed by atoms with van der Waals surface area (Å²) in [5.74, 6) is -5.96. The summed E-state index contributed by atoms with van der Waals surface area (Å²) < 4.78 is 0. The molecule has 0 unspecified atom stereocenters. The number of aliphatic hydroxyl groups excluding tert-OH is 5. The van der Waals surface area contributed by atoms with E-state index < -0.39 is 77.4 Å². The van der Waals surface area contributed by atoms with E-state index in [9.17, 15) is 49.8 Å². The molecule has 0 aliphatic heterocycles. The summed E-state index contributed by atoms with van der Waals surface area (Å²) in [6.07, 6.45) is 1.72. The number of hydrogen-bond donors (Lipinski definition) is 6. The molecule has 0 saturated heterocycles. The van der Waals surface area contributed by atoms with E-state index >= 15 is 0 Å². The number of rotatable bonds is 14. The van der Waals surface area contributed by atoms with Crippen LogP contribution in [0.15, 0.2) is 69.2 Å². The summed E-state index contributed by atoms with van der Waals surface area (Å²) in [4.78, 5) is 50.0. The van der Waals surface area contributed by atoms with E-state index in [4.69, 9.17) is 0 Å². The molecule has 9 atom stereocenters. The summed E-state index contributed by atoms with van der Waals surface area (Å²) in [6, 6.07) is 0. The Morgan fingerprint density at radius 3 is 1.79 bits per heavy atom. The first kappa shape index (κ1) is 39.5. The molecule has 2 aliphatic carbocycles. The number of aliphatic hydroxyl groups is 5. The SMILES string of the molecule is CC1=C(O)CC2=C(C1)C(=O)C(NC(=O)/C(C)=C/C=C\[C@@H](C)[C@H](O)[C@@H](C)[C@@H](O)[C@@H](C)[C@H](O)[C@H](C)[C@@H](O)[C@@H](C)/C=C(\C)C(=O)[O-])=C(C)C2=O. The van der Waals surface area contributed by atoms with Crippen LogP contribution in [-0.4, -0.2) is 73.4 Å². The van der Waals surface area contributed by atoms with Crippen LogP contribution in [0.25, 0.3) is 0 Å². The first-order valence-corrected chi connectivity index (χ1v) is 15.9. The maximum atomic E-state index is 13.2. The second-order valence-electron chi connectivity index (χ2n) is 13.3. The number of aliphatic carboxylic acids is 1. The van der Waals surface area contributed by atoms with Gasteiger partial charge in [0, 0.05) is 64.7 Å². The molecule has 0 radical (unpaired) electrons. The van der Waals surface area contributed by atoms with Crippen LogP contribution in [0, 0.1) is 29.6 Å². The predicted molar refractivity (Wildman–Crippen MR) is 174 cm³/mol. The summed E-state index contributed by atoms with van der Waals surface area (Å²) in [6.45, 7) is 14.2. The number of hydrogen-bond acceptors (Lipinski definition) is 10. The number of carbonyl (C=O) groups is 4. The molecule has 11 heteroatoms. The van der Waals surface area contributed by atoms with E-state index in [1.54, 1.807) is 53.7 Å². The number of amides is 1. The summed E-state index contributed by atoms with van der Waals surface area (Å²) in [7, 11) is 0. The van der Waals surface area contributed by atoms with Gasteiger partial charge in [-0.15, -0.1) is 0 Å². The number of carboxylic acids is 1. The molecule has 0 aromatic rings. The zero-order valence-electron chi connectivity index (χ0n) is 28.7. The Hall–Kier alpha value is -3.64. The largest absolute Gasteiger partial charge is 0.545 e. The van der Waals surface area contributed by atoms with Crippen LogP contribution in [0.3, 0.4) is 0 Å². The van der Waals surface area contributed by atoms with E-state index in [2.05, 4.69) is 5.32 Å². The van der Waals surface area contributed by atoms with Gasteiger partial charge in [-0.1, -0.05) is 58.9 Å². The molecule has 1 amide bonds. The lowest BCUT2D eigenvalue weighted by atomic mass is 9.77. The fourth-order valence-electron chi connectivity index (χ4n) is 6.00. The number of ketones is 2. The molecule has 6 N–H and O–H groups in total. The second kappa shape index (κ2) is 16.5. The van der Waals surface area contributed by atoms with Gasteiger partial charge in [0.2, 0.25) is 5.78 Å². The molecule has 0 bridgehead atoms. The zero-order chi connectivity index (χ0) is 36.1.